The first-order chi connectivity index (χ1) is 18.2. The Morgan fingerprint density at radius 3 is 2.29 bits per heavy atom. The van der Waals surface area contributed by atoms with Gasteiger partial charge in [-0.2, -0.15) is 0 Å². The standard InChI is InChI=1S/C29H30Cl4N2O2S/c1-3-19(2)34-29(37)27(14-20-7-5-4-6-8-20)35(16-22-10-11-23(30)15-25(22)32)28(36)18-38-17-21-9-12-24(31)26(33)13-21/h4-13,15,19,27H,3,14,16-18H2,1-2H3,(H,34,37)/t19-,27+/m1/s1. The number of nitrogens with one attached hydrogen (secondary N) is 1. The Bertz CT molecular complexity index is 1240. The third-order valence-electron chi connectivity index (χ3n) is 6.11. The maximum Gasteiger partial charge on any atom is 0.243 e. The second-order valence-corrected chi connectivity index (χ2v) is 11.7. The van der Waals surface area contributed by atoms with Gasteiger partial charge in [-0.05, 0) is 54.3 Å². The maximum atomic E-state index is 13.7. The fourth-order valence-electron chi connectivity index (χ4n) is 3.80. The summed E-state index contributed by atoms with van der Waals surface area (Å²) in [6, 6.07) is 19.5. The van der Waals surface area contributed by atoms with Gasteiger partial charge < -0.3 is 10.2 Å². The zero-order valence-corrected chi connectivity index (χ0v) is 25.1. The summed E-state index contributed by atoms with van der Waals surface area (Å²) in [4.78, 5) is 28.9. The van der Waals surface area contributed by atoms with Crippen LogP contribution in [-0.2, 0) is 28.3 Å². The Balaban J connectivity index is 1.88. The van der Waals surface area contributed by atoms with E-state index in [2.05, 4.69) is 5.32 Å². The van der Waals surface area contributed by atoms with Gasteiger partial charge in [0.2, 0.25) is 11.8 Å². The first kappa shape index (κ1) is 30.6. The van der Waals surface area contributed by atoms with Crippen molar-refractivity contribution in [1.82, 2.24) is 10.2 Å². The third kappa shape index (κ3) is 9.10. The summed E-state index contributed by atoms with van der Waals surface area (Å²) in [7, 11) is 0. The van der Waals surface area contributed by atoms with Gasteiger partial charge in [0.15, 0.2) is 0 Å². The van der Waals surface area contributed by atoms with E-state index < -0.39 is 6.04 Å². The monoisotopic (exact) mass is 610 g/mol. The SMILES string of the molecule is CC[C@@H](C)NC(=O)[C@H](Cc1ccccc1)N(Cc1ccc(Cl)cc1Cl)C(=O)CSCc1ccc(Cl)c(Cl)c1. The molecule has 0 radical (unpaired) electrons. The fraction of sp³-hybridized carbons (Fsp3) is 0.310. The first-order valence-corrected chi connectivity index (χ1v) is 14.9. The molecule has 3 aromatic carbocycles. The van der Waals surface area contributed by atoms with E-state index in [1.165, 1.54) is 11.8 Å². The van der Waals surface area contributed by atoms with E-state index in [0.29, 0.717) is 37.8 Å². The van der Waals surface area contributed by atoms with Gasteiger partial charge in [-0.1, -0.05) is 95.8 Å². The number of nitrogens with zero attached hydrogens (tertiary/aromatic N) is 1. The lowest BCUT2D eigenvalue weighted by Crippen LogP contribution is -2.52. The molecule has 0 aliphatic heterocycles. The molecule has 4 nitrogen and oxygen atoms in total. The molecule has 3 rings (SSSR count). The summed E-state index contributed by atoms with van der Waals surface area (Å²) < 4.78 is 0. The molecule has 0 fully saturated rings. The van der Waals surface area contributed by atoms with Crippen LogP contribution in [0.4, 0.5) is 0 Å². The second-order valence-electron chi connectivity index (χ2n) is 9.02. The van der Waals surface area contributed by atoms with Crippen molar-refractivity contribution in [3.8, 4) is 0 Å². The van der Waals surface area contributed by atoms with Gasteiger partial charge in [-0.3, -0.25) is 9.59 Å². The van der Waals surface area contributed by atoms with Crippen LogP contribution in [-0.4, -0.2) is 34.6 Å². The van der Waals surface area contributed by atoms with Gasteiger partial charge in [0, 0.05) is 34.8 Å². The van der Waals surface area contributed by atoms with E-state index in [1.807, 2.05) is 50.2 Å². The van der Waals surface area contributed by atoms with Crippen LogP contribution in [0.2, 0.25) is 20.1 Å². The normalized spacial score (nSPS) is 12.6. The van der Waals surface area contributed by atoms with E-state index >= 15 is 0 Å². The minimum atomic E-state index is -0.726. The molecule has 0 saturated carbocycles. The molecule has 0 aliphatic carbocycles. The van der Waals surface area contributed by atoms with Crippen LogP contribution in [0.5, 0.6) is 0 Å². The molecule has 0 saturated heterocycles. The molecule has 0 unspecified atom stereocenters. The molecule has 2 amide bonds. The average Bonchev–Trinajstić information content (AvgIpc) is 2.89. The molecule has 0 spiro atoms. The molecule has 2 atom stereocenters. The smallest absolute Gasteiger partial charge is 0.243 e. The van der Waals surface area contributed by atoms with E-state index in [4.69, 9.17) is 46.4 Å². The van der Waals surface area contributed by atoms with Crippen LogP contribution in [0.3, 0.4) is 0 Å². The Hall–Kier alpha value is -1.89. The van der Waals surface area contributed by atoms with E-state index in [-0.39, 0.29) is 30.2 Å². The van der Waals surface area contributed by atoms with Gasteiger partial charge in [-0.15, -0.1) is 11.8 Å². The van der Waals surface area contributed by atoms with Gasteiger partial charge in [0.1, 0.15) is 6.04 Å². The summed E-state index contributed by atoms with van der Waals surface area (Å²) in [6.07, 6.45) is 1.15. The van der Waals surface area contributed by atoms with Crippen molar-refractivity contribution in [2.75, 3.05) is 5.75 Å². The number of rotatable bonds is 12. The van der Waals surface area contributed by atoms with Crippen LogP contribution < -0.4 is 5.32 Å². The van der Waals surface area contributed by atoms with Crippen molar-refractivity contribution in [3.05, 3.63) is 104 Å². The molecule has 38 heavy (non-hydrogen) atoms. The van der Waals surface area contributed by atoms with E-state index in [1.54, 1.807) is 35.2 Å². The van der Waals surface area contributed by atoms with Gasteiger partial charge >= 0.3 is 0 Å². The molecule has 0 bridgehead atoms. The highest BCUT2D eigenvalue weighted by atomic mass is 35.5. The zero-order chi connectivity index (χ0) is 27.7. The Kier molecular flexibility index (Phi) is 12.1. The molecule has 202 valence electrons. The molecule has 0 heterocycles. The summed E-state index contributed by atoms with van der Waals surface area (Å²) in [5.74, 6) is 0.381. The predicted octanol–water partition coefficient (Wildman–Crippen LogP) is 8.09. The van der Waals surface area contributed by atoms with Crippen LogP contribution in [0, 0.1) is 0 Å². The van der Waals surface area contributed by atoms with Gasteiger partial charge in [0.25, 0.3) is 0 Å². The number of hydrogen-bond donors (Lipinski definition) is 1. The number of amides is 2. The lowest BCUT2D eigenvalue weighted by atomic mass is 10.0. The Labute approximate surface area is 249 Å². The highest BCUT2D eigenvalue weighted by molar-refractivity contribution is 7.99. The largest absolute Gasteiger partial charge is 0.352 e. The van der Waals surface area contributed by atoms with Crippen molar-refractivity contribution in [1.29, 1.82) is 0 Å². The van der Waals surface area contributed by atoms with Crippen LogP contribution in [0.15, 0.2) is 66.7 Å². The quantitative estimate of drug-likeness (QED) is 0.225. The molecule has 0 aliphatic rings. The van der Waals surface area contributed by atoms with Crippen molar-refractivity contribution in [3.63, 3.8) is 0 Å². The van der Waals surface area contributed by atoms with Crippen LogP contribution in [0.25, 0.3) is 0 Å². The van der Waals surface area contributed by atoms with Crippen molar-refractivity contribution in [2.45, 2.75) is 51.1 Å². The van der Waals surface area contributed by atoms with Gasteiger partial charge in [-0.25, -0.2) is 0 Å². The maximum absolute atomic E-state index is 13.7. The van der Waals surface area contributed by atoms with E-state index in [9.17, 15) is 9.59 Å². The summed E-state index contributed by atoms with van der Waals surface area (Å²) in [5, 5.41) is 4.97. The van der Waals surface area contributed by atoms with Crippen molar-refractivity contribution in [2.24, 2.45) is 0 Å². The minimum absolute atomic E-state index is 0.0270. The lowest BCUT2D eigenvalue weighted by Gasteiger charge is -2.32. The van der Waals surface area contributed by atoms with Crippen molar-refractivity contribution < 1.29 is 9.59 Å². The van der Waals surface area contributed by atoms with E-state index in [0.717, 1.165) is 17.5 Å². The highest BCUT2D eigenvalue weighted by Crippen LogP contribution is 2.27. The second kappa shape index (κ2) is 15.0. The molecular formula is C29H30Cl4N2O2S. The Morgan fingerprint density at radius 2 is 1.63 bits per heavy atom. The molecule has 3 aromatic rings. The van der Waals surface area contributed by atoms with Crippen LogP contribution >= 0.6 is 58.2 Å². The number of hydrogen-bond acceptors (Lipinski definition) is 3. The fourth-order valence-corrected chi connectivity index (χ4v) is 5.44. The van der Waals surface area contributed by atoms with Crippen LogP contribution in [0.1, 0.15) is 37.0 Å². The lowest BCUT2D eigenvalue weighted by molar-refractivity contribution is -0.139. The summed E-state index contributed by atoms with van der Waals surface area (Å²) >= 11 is 26.2. The number of benzene rings is 3. The highest BCUT2D eigenvalue weighted by Gasteiger charge is 2.31. The molecular weight excluding hydrogens is 582 g/mol. The molecule has 9 heteroatoms. The summed E-state index contributed by atoms with van der Waals surface area (Å²) in [5.41, 5.74) is 2.63. The van der Waals surface area contributed by atoms with Crippen molar-refractivity contribution >= 4 is 70.0 Å². The predicted molar refractivity (Wildman–Crippen MR) is 161 cm³/mol. The number of carbonyl (C=O) groups is 2. The Morgan fingerprint density at radius 1 is 0.895 bits per heavy atom. The number of thioether (sulfide) groups is 1. The topological polar surface area (TPSA) is 49.4 Å². The molecule has 0 aromatic heterocycles. The molecule has 1 N–H and O–H groups in total. The average molecular weight is 612 g/mol. The minimum Gasteiger partial charge on any atom is -0.352 e. The first-order valence-electron chi connectivity index (χ1n) is 12.3. The number of carbonyl (C=O) groups excluding carboxylic acids is 2. The van der Waals surface area contributed by atoms with Gasteiger partial charge in [0.05, 0.1) is 15.8 Å². The zero-order valence-electron chi connectivity index (χ0n) is 21.2. The third-order valence-corrected chi connectivity index (χ3v) is 8.42. The number of halogens is 4. The summed E-state index contributed by atoms with van der Waals surface area (Å²) in [6.45, 7) is 4.13.